The fraction of sp³-hybridized carbons (Fsp3) is 0.619. The normalized spacial score (nSPS) is 14.4. The van der Waals surface area contributed by atoms with E-state index >= 15 is 0 Å². The maximum Gasteiger partial charge on any atom is 0.239 e. The first-order valence-corrected chi connectivity index (χ1v) is 9.86. The fourth-order valence-corrected chi connectivity index (χ4v) is 3.37. The van der Waals surface area contributed by atoms with Gasteiger partial charge in [0.1, 0.15) is 5.41 Å². The van der Waals surface area contributed by atoms with Gasteiger partial charge in [-0.05, 0) is 63.8 Å². The van der Waals surface area contributed by atoms with Crippen LogP contribution in [0.1, 0.15) is 53.4 Å². The molecular weight excluding hydrogens is 326 g/mol. The highest BCUT2D eigenvalue weighted by Crippen LogP contribution is 2.25. The molecule has 1 saturated heterocycles. The summed E-state index contributed by atoms with van der Waals surface area (Å²) in [5, 5.41) is 2.92. The molecule has 1 N–H and O–H groups in total. The van der Waals surface area contributed by atoms with Crippen molar-refractivity contribution in [1.82, 2.24) is 4.90 Å². The van der Waals surface area contributed by atoms with Crippen molar-refractivity contribution >= 4 is 23.2 Å². The van der Waals surface area contributed by atoms with Crippen molar-refractivity contribution in [1.29, 1.82) is 0 Å². The third-order valence-corrected chi connectivity index (χ3v) is 4.97. The monoisotopic (exact) mass is 359 g/mol. The van der Waals surface area contributed by atoms with Gasteiger partial charge in [-0.3, -0.25) is 9.59 Å². The second-order valence-corrected chi connectivity index (χ2v) is 7.61. The predicted octanol–water partition coefficient (Wildman–Crippen LogP) is 3.90. The molecule has 26 heavy (non-hydrogen) atoms. The van der Waals surface area contributed by atoms with Crippen molar-refractivity contribution in [2.75, 3.05) is 36.4 Å². The third kappa shape index (κ3) is 4.77. The number of hydrogen-bond acceptors (Lipinski definition) is 3. The first-order valence-electron chi connectivity index (χ1n) is 9.86. The highest BCUT2D eigenvalue weighted by molar-refractivity contribution is 6.09. The van der Waals surface area contributed by atoms with Gasteiger partial charge in [-0.1, -0.05) is 13.8 Å². The Labute approximate surface area is 157 Å². The van der Waals surface area contributed by atoms with E-state index in [0.717, 1.165) is 31.6 Å². The summed E-state index contributed by atoms with van der Waals surface area (Å²) in [5.41, 5.74) is 0.835. The fourth-order valence-electron chi connectivity index (χ4n) is 3.37. The molecule has 1 aromatic carbocycles. The van der Waals surface area contributed by atoms with Gasteiger partial charge in [-0.25, -0.2) is 0 Å². The Morgan fingerprint density at radius 1 is 1.04 bits per heavy atom. The molecule has 1 aliphatic rings. The largest absolute Gasteiger partial charge is 0.372 e. The lowest BCUT2D eigenvalue weighted by molar-refractivity contribution is -0.146. The molecule has 0 bridgehead atoms. The van der Waals surface area contributed by atoms with Crippen LogP contribution in [-0.4, -0.2) is 42.9 Å². The third-order valence-electron chi connectivity index (χ3n) is 4.97. The number of nitrogens with one attached hydrogen (secondary N) is 1. The molecule has 0 spiro atoms. The Morgan fingerprint density at radius 3 is 2.08 bits per heavy atom. The lowest BCUT2D eigenvalue weighted by atomic mass is 9.90. The summed E-state index contributed by atoms with van der Waals surface area (Å²) in [6.45, 7) is 11.1. The number of amides is 2. The average molecular weight is 360 g/mol. The summed E-state index contributed by atoms with van der Waals surface area (Å²) in [4.78, 5) is 29.8. The summed E-state index contributed by atoms with van der Waals surface area (Å²) in [5.74, 6) is -0.360. The molecule has 5 heteroatoms. The zero-order valence-electron chi connectivity index (χ0n) is 16.7. The molecule has 0 radical (unpaired) electrons. The van der Waals surface area contributed by atoms with E-state index in [0.29, 0.717) is 13.1 Å². The zero-order chi connectivity index (χ0) is 19.2. The van der Waals surface area contributed by atoms with Gasteiger partial charge in [0.15, 0.2) is 0 Å². The van der Waals surface area contributed by atoms with Gasteiger partial charge in [0.05, 0.1) is 0 Å². The molecular formula is C21H33N3O2. The van der Waals surface area contributed by atoms with E-state index in [1.54, 1.807) is 18.7 Å². The Kier molecular flexibility index (Phi) is 7.06. The Morgan fingerprint density at radius 2 is 1.58 bits per heavy atom. The van der Waals surface area contributed by atoms with Crippen molar-refractivity contribution in [2.45, 2.75) is 53.4 Å². The van der Waals surface area contributed by atoms with Crippen LogP contribution < -0.4 is 10.2 Å². The Balaban J connectivity index is 2.03. The average Bonchev–Trinajstić information content (AvgIpc) is 3.16. The van der Waals surface area contributed by atoms with Gasteiger partial charge in [0.2, 0.25) is 11.8 Å². The van der Waals surface area contributed by atoms with E-state index in [1.165, 1.54) is 18.5 Å². The smallest absolute Gasteiger partial charge is 0.239 e. The van der Waals surface area contributed by atoms with E-state index in [1.807, 2.05) is 38.1 Å². The molecule has 2 rings (SSSR count). The second kappa shape index (κ2) is 9.06. The molecule has 5 nitrogen and oxygen atoms in total. The van der Waals surface area contributed by atoms with Gasteiger partial charge in [-0.2, -0.15) is 0 Å². The molecule has 0 atom stereocenters. The van der Waals surface area contributed by atoms with Gasteiger partial charge in [0.25, 0.3) is 0 Å². The maximum atomic E-state index is 12.9. The minimum absolute atomic E-state index is 0.104. The maximum absolute atomic E-state index is 12.9. The second-order valence-electron chi connectivity index (χ2n) is 7.61. The lowest BCUT2D eigenvalue weighted by Crippen LogP contribution is -2.47. The summed E-state index contributed by atoms with van der Waals surface area (Å²) in [6.07, 6.45) is 4.25. The molecule has 0 unspecified atom stereocenters. The van der Waals surface area contributed by atoms with Crippen LogP contribution in [0.2, 0.25) is 0 Å². The molecule has 1 aromatic rings. The molecule has 2 amide bonds. The first-order chi connectivity index (χ1) is 12.4. The number of anilines is 2. The summed E-state index contributed by atoms with van der Waals surface area (Å²) < 4.78 is 0. The van der Waals surface area contributed by atoms with E-state index in [2.05, 4.69) is 10.2 Å². The molecule has 0 aliphatic carbocycles. The van der Waals surface area contributed by atoms with Crippen molar-refractivity contribution in [3.63, 3.8) is 0 Å². The Hall–Kier alpha value is -2.04. The number of rotatable bonds is 8. The number of benzene rings is 1. The Bertz CT molecular complexity index is 598. The van der Waals surface area contributed by atoms with Crippen LogP contribution in [-0.2, 0) is 9.59 Å². The van der Waals surface area contributed by atoms with Crippen LogP contribution in [0.4, 0.5) is 11.4 Å². The molecule has 1 aliphatic heterocycles. The van der Waals surface area contributed by atoms with Crippen LogP contribution in [0.3, 0.4) is 0 Å². The van der Waals surface area contributed by atoms with Crippen molar-refractivity contribution in [3.8, 4) is 0 Å². The SMILES string of the molecule is CCCN(CCC)C(=O)C(C)(C)C(=O)Nc1ccc(N2CCCC2)cc1. The minimum atomic E-state index is -1.09. The first kappa shape index (κ1) is 20.3. The van der Waals surface area contributed by atoms with Crippen LogP contribution in [0, 0.1) is 5.41 Å². The highest BCUT2D eigenvalue weighted by Gasteiger charge is 2.38. The molecule has 0 aromatic heterocycles. The van der Waals surface area contributed by atoms with E-state index in [9.17, 15) is 9.59 Å². The minimum Gasteiger partial charge on any atom is -0.372 e. The van der Waals surface area contributed by atoms with Crippen LogP contribution in [0.15, 0.2) is 24.3 Å². The zero-order valence-corrected chi connectivity index (χ0v) is 16.7. The molecule has 1 heterocycles. The van der Waals surface area contributed by atoms with Crippen molar-refractivity contribution in [2.24, 2.45) is 5.41 Å². The van der Waals surface area contributed by atoms with Crippen molar-refractivity contribution < 1.29 is 9.59 Å². The topological polar surface area (TPSA) is 52.7 Å². The quantitative estimate of drug-likeness (QED) is 0.716. The van der Waals surface area contributed by atoms with Crippen LogP contribution >= 0.6 is 0 Å². The number of carbonyl (C=O) groups is 2. The van der Waals surface area contributed by atoms with Gasteiger partial charge >= 0.3 is 0 Å². The predicted molar refractivity (Wildman–Crippen MR) is 107 cm³/mol. The standard InChI is InChI=1S/C21H33N3O2/c1-5-13-24(14-6-2)20(26)21(3,4)19(25)22-17-9-11-18(12-10-17)23-15-7-8-16-23/h9-12H,5-8,13-16H2,1-4H3,(H,22,25). The van der Waals surface area contributed by atoms with Gasteiger partial charge in [0, 0.05) is 37.6 Å². The number of hydrogen-bond donors (Lipinski definition) is 1. The van der Waals surface area contributed by atoms with Gasteiger partial charge < -0.3 is 15.1 Å². The summed E-state index contributed by atoms with van der Waals surface area (Å²) >= 11 is 0. The summed E-state index contributed by atoms with van der Waals surface area (Å²) in [6, 6.07) is 7.91. The molecule has 1 fully saturated rings. The van der Waals surface area contributed by atoms with Gasteiger partial charge in [-0.15, -0.1) is 0 Å². The lowest BCUT2D eigenvalue weighted by Gasteiger charge is -2.31. The number of carbonyl (C=O) groups excluding carboxylic acids is 2. The van der Waals surface area contributed by atoms with E-state index in [-0.39, 0.29) is 11.8 Å². The van der Waals surface area contributed by atoms with E-state index in [4.69, 9.17) is 0 Å². The molecule has 144 valence electrons. The van der Waals surface area contributed by atoms with Crippen LogP contribution in [0.5, 0.6) is 0 Å². The van der Waals surface area contributed by atoms with Crippen molar-refractivity contribution in [3.05, 3.63) is 24.3 Å². The van der Waals surface area contributed by atoms with Crippen LogP contribution in [0.25, 0.3) is 0 Å². The highest BCUT2D eigenvalue weighted by atomic mass is 16.2. The van der Waals surface area contributed by atoms with E-state index < -0.39 is 5.41 Å². The molecule has 0 saturated carbocycles. The number of nitrogens with zero attached hydrogens (tertiary/aromatic N) is 2. The summed E-state index contributed by atoms with van der Waals surface area (Å²) in [7, 11) is 0.